The number of benzene rings is 2. The number of ketones is 1. The largest absolute Gasteiger partial charge is 0.453 e. The Bertz CT molecular complexity index is 823. The first-order chi connectivity index (χ1) is 12.9. The van der Waals surface area contributed by atoms with E-state index in [0.717, 1.165) is 4.90 Å². The predicted octanol–water partition coefficient (Wildman–Crippen LogP) is 4.60. The van der Waals surface area contributed by atoms with Crippen molar-refractivity contribution in [1.82, 2.24) is 0 Å². The lowest BCUT2D eigenvalue weighted by Gasteiger charge is -2.13. The molecular formula is C20H20ClNO4S. The lowest BCUT2D eigenvalue weighted by atomic mass is 10.1. The summed E-state index contributed by atoms with van der Waals surface area (Å²) in [4.78, 5) is 37.2. The second-order valence-electron chi connectivity index (χ2n) is 5.78. The van der Waals surface area contributed by atoms with Crippen molar-refractivity contribution in [2.24, 2.45) is 0 Å². The number of amides is 1. The maximum atomic E-state index is 12.1. The number of anilines is 1. The van der Waals surface area contributed by atoms with Crippen molar-refractivity contribution >= 4 is 46.7 Å². The number of esters is 1. The summed E-state index contributed by atoms with van der Waals surface area (Å²) in [5, 5.41) is 3.11. The van der Waals surface area contributed by atoms with Crippen molar-refractivity contribution in [3.8, 4) is 0 Å². The first-order valence-electron chi connectivity index (χ1n) is 8.32. The Balaban J connectivity index is 1.79. The van der Waals surface area contributed by atoms with Crippen molar-refractivity contribution in [2.75, 3.05) is 11.6 Å². The minimum absolute atomic E-state index is 0.0279. The topological polar surface area (TPSA) is 72.5 Å². The van der Waals surface area contributed by atoms with E-state index in [0.29, 0.717) is 16.3 Å². The first-order valence-corrected chi connectivity index (χ1v) is 9.92. The van der Waals surface area contributed by atoms with E-state index in [2.05, 4.69) is 5.32 Å². The highest BCUT2D eigenvalue weighted by Crippen LogP contribution is 2.17. The summed E-state index contributed by atoms with van der Waals surface area (Å²) in [6.45, 7) is 1.47. The summed E-state index contributed by atoms with van der Waals surface area (Å²) in [5.74, 6) is -1.21. The molecule has 0 saturated heterocycles. The molecule has 5 nitrogen and oxygen atoms in total. The number of thioether (sulfide) groups is 1. The Hall–Kier alpha value is -2.31. The van der Waals surface area contributed by atoms with E-state index in [-0.39, 0.29) is 18.6 Å². The number of hydrogen-bond donors (Lipinski definition) is 1. The third kappa shape index (κ3) is 6.73. The molecule has 0 aromatic heterocycles. The lowest BCUT2D eigenvalue weighted by Crippen LogP contribution is -2.30. The van der Waals surface area contributed by atoms with Gasteiger partial charge in [0, 0.05) is 27.6 Å². The molecule has 0 spiro atoms. The van der Waals surface area contributed by atoms with Crippen LogP contribution in [0.15, 0.2) is 53.4 Å². The maximum absolute atomic E-state index is 12.1. The monoisotopic (exact) mass is 405 g/mol. The van der Waals surface area contributed by atoms with Crippen molar-refractivity contribution in [3.05, 3.63) is 59.1 Å². The van der Waals surface area contributed by atoms with Crippen LogP contribution in [0.5, 0.6) is 0 Å². The quantitative estimate of drug-likeness (QED) is 0.395. The molecule has 0 saturated carbocycles. The van der Waals surface area contributed by atoms with Gasteiger partial charge in [-0.05, 0) is 43.5 Å². The molecule has 1 unspecified atom stereocenters. The molecule has 27 heavy (non-hydrogen) atoms. The van der Waals surface area contributed by atoms with Crippen LogP contribution in [0.2, 0.25) is 5.02 Å². The van der Waals surface area contributed by atoms with Gasteiger partial charge in [0.1, 0.15) is 0 Å². The molecule has 2 aromatic carbocycles. The highest BCUT2D eigenvalue weighted by Gasteiger charge is 2.19. The van der Waals surface area contributed by atoms with Gasteiger partial charge in [0.2, 0.25) is 0 Å². The van der Waals surface area contributed by atoms with Crippen molar-refractivity contribution in [2.45, 2.75) is 30.8 Å². The van der Waals surface area contributed by atoms with Crippen LogP contribution >= 0.6 is 23.4 Å². The fraction of sp³-hybridized carbons (Fsp3) is 0.250. The highest BCUT2D eigenvalue weighted by atomic mass is 35.5. The average molecular weight is 406 g/mol. The number of carbonyl (C=O) groups is 3. The molecular weight excluding hydrogens is 386 g/mol. The van der Waals surface area contributed by atoms with E-state index >= 15 is 0 Å². The molecule has 0 bridgehead atoms. The number of ether oxygens (including phenoxy) is 1. The van der Waals surface area contributed by atoms with Gasteiger partial charge in [-0.2, -0.15) is 0 Å². The number of nitrogens with one attached hydrogen (secondary N) is 1. The van der Waals surface area contributed by atoms with E-state index in [1.807, 2.05) is 18.4 Å². The Labute approximate surface area is 167 Å². The molecule has 0 aliphatic heterocycles. The lowest BCUT2D eigenvalue weighted by molar-refractivity contribution is -0.153. The van der Waals surface area contributed by atoms with Gasteiger partial charge < -0.3 is 10.1 Å². The fourth-order valence-corrected chi connectivity index (χ4v) is 2.86. The normalized spacial score (nSPS) is 11.5. The Morgan fingerprint density at radius 1 is 1.11 bits per heavy atom. The molecule has 0 fully saturated rings. The zero-order valence-corrected chi connectivity index (χ0v) is 16.6. The van der Waals surface area contributed by atoms with E-state index in [1.54, 1.807) is 48.2 Å². The summed E-state index contributed by atoms with van der Waals surface area (Å²) in [6.07, 6.45) is 0.918. The standard InChI is InChI=1S/C20H20ClNO4S/c1-13(20(25)22-16-5-3-4-15(21)12-16)26-19(24)11-10-18(23)14-6-8-17(27-2)9-7-14/h3-9,12-13H,10-11H2,1-2H3,(H,22,25). The van der Waals surface area contributed by atoms with E-state index < -0.39 is 18.0 Å². The molecule has 1 N–H and O–H groups in total. The van der Waals surface area contributed by atoms with E-state index in [4.69, 9.17) is 16.3 Å². The molecule has 142 valence electrons. The second kappa shape index (κ2) is 10.1. The van der Waals surface area contributed by atoms with Gasteiger partial charge in [-0.3, -0.25) is 14.4 Å². The van der Waals surface area contributed by atoms with Gasteiger partial charge in [-0.25, -0.2) is 0 Å². The highest BCUT2D eigenvalue weighted by molar-refractivity contribution is 7.98. The molecule has 0 aliphatic carbocycles. The molecule has 1 amide bonds. The van der Waals surface area contributed by atoms with Gasteiger partial charge in [0.05, 0.1) is 6.42 Å². The molecule has 2 rings (SSSR count). The molecule has 2 aromatic rings. The third-order valence-electron chi connectivity index (χ3n) is 3.74. The molecule has 7 heteroatoms. The summed E-state index contributed by atoms with van der Waals surface area (Å²) in [6, 6.07) is 13.9. The van der Waals surface area contributed by atoms with Crippen molar-refractivity contribution < 1.29 is 19.1 Å². The second-order valence-corrected chi connectivity index (χ2v) is 7.10. The third-order valence-corrected chi connectivity index (χ3v) is 4.72. The minimum Gasteiger partial charge on any atom is -0.453 e. The van der Waals surface area contributed by atoms with Crippen LogP contribution in [0.3, 0.4) is 0 Å². The zero-order valence-electron chi connectivity index (χ0n) is 15.0. The van der Waals surface area contributed by atoms with Gasteiger partial charge in [-0.1, -0.05) is 29.8 Å². The maximum Gasteiger partial charge on any atom is 0.307 e. The minimum atomic E-state index is -0.979. The zero-order chi connectivity index (χ0) is 19.8. The van der Waals surface area contributed by atoms with Crippen LogP contribution in [0, 0.1) is 0 Å². The predicted molar refractivity (Wildman–Crippen MR) is 107 cm³/mol. The van der Waals surface area contributed by atoms with Crippen LogP contribution in [0.4, 0.5) is 5.69 Å². The van der Waals surface area contributed by atoms with Crippen LogP contribution in [-0.2, 0) is 14.3 Å². The van der Waals surface area contributed by atoms with Crippen molar-refractivity contribution in [1.29, 1.82) is 0 Å². The molecule has 0 heterocycles. The van der Waals surface area contributed by atoms with Crippen LogP contribution in [0.1, 0.15) is 30.1 Å². The van der Waals surface area contributed by atoms with Crippen LogP contribution in [0.25, 0.3) is 0 Å². The SMILES string of the molecule is CSc1ccc(C(=O)CCC(=O)OC(C)C(=O)Nc2cccc(Cl)c2)cc1. The van der Waals surface area contributed by atoms with Crippen molar-refractivity contribution in [3.63, 3.8) is 0 Å². The van der Waals surface area contributed by atoms with Gasteiger partial charge in [0.25, 0.3) is 5.91 Å². The summed E-state index contributed by atoms with van der Waals surface area (Å²) in [7, 11) is 0. The number of halogens is 1. The summed E-state index contributed by atoms with van der Waals surface area (Å²) in [5.41, 5.74) is 1.06. The molecule has 1 atom stereocenters. The smallest absolute Gasteiger partial charge is 0.307 e. The number of Topliss-reactive ketones (excluding diaryl/α,β-unsaturated/α-hetero) is 1. The summed E-state index contributed by atoms with van der Waals surface area (Å²) < 4.78 is 5.10. The van der Waals surface area contributed by atoms with Gasteiger partial charge >= 0.3 is 5.97 Å². The fourth-order valence-electron chi connectivity index (χ4n) is 2.26. The average Bonchev–Trinajstić information content (AvgIpc) is 2.66. The Morgan fingerprint density at radius 3 is 2.44 bits per heavy atom. The summed E-state index contributed by atoms with van der Waals surface area (Å²) >= 11 is 7.45. The van der Waals surface area contributed by atoms with E-state index in [1.165, 1.54) is 6.92 Å². The molecule has 0 radical (unpaired) electrons. The number of hydrogen-bond acceptors (Lipinski definition) is 5. The Morgan fingerprint density at radius 2 is 1.81 bits per heavy atom. The van der Waals surface area contributed by atoms with Gasteiger partial charge in [0.15, 0.2) is 11.9 Å². The first kappa shape index (κ1) is 21.0. The van der Waals surface area contributed by atoms with Crippen LogP contribution < -0.4 is 5.32 Å². The Kier molecular flexibility index (Phi) is 7.88. The molecule has 0 aliphatic rings. The number of carbonyl (C=O) groups excluding carboxylic acids is 3. The van der Waals surface area contributed by atoms with Crippen LogP contribution in [-0.4, -0.2) is 30.0 Å². The van der Waals surface area contributed by atoms with Gasteiger partial charge in [-0.15, -0.1) is 11.8 Å². The van der Waals surface area contributed by atoms with E-state index in [9.17, 15) is 14.4 Å². The number of rotatable bonds is 8.